The third-order valence-electron chi connectivity index (χ3n) is 1.85. The first kappa shape index (κ1) is 10.4. The first-order chi connectivity index (χ1) is 6.69. The van der Waals surface area contributed by atoms with Crippen LogP contribution in [0.15, 0.2) is 6.20 Å². The molecule has 0 unspecified atom stereocenters. The zero-order chi connectivity index (χ0) is 10.6. The Morgan fingerprint density at radius 2 is 2.43 bits per heavy atom. The predicted molar refractivity (Wildman–Crippen MR) is 49.0 cm³/mol. The minimum atomic E-state index is -0.351. The molecule has 14 heavy (non-hydrogen) atoms. The van der Waals surface area contributed by atoms with Crippen LogP contribution in [0, 0.1) is 6.92 Å². The predicted octanol–water partition coefficient (Wildman–Crippen LogP) is 0.567. The van der Waals surface area contributed by atoms with E-state index in [1.807, 2.05) is 0 Å². The molecule has 1 aromatic heterocycles. The highest BCUT2D eigenvalue weighted by atomic mass is 16.5. The SMILES string of the molecule is CCOC(=O)Cn1ncc(C=O)c1C. The zero-order valence-corrected chi connectivity index (χ0v) is 8.19. The van der Waals surface area contributed by atoms with E-state index in [9.17, 15) is 9.59 Å². The van der Waals surface area contributed by atoms with Crippen LogP contribution >= 0.6 is 0 Å². The maximum atomic E-state index is 11.1. The summed E-state index contributed by atoms with van der Waals surface area (Å²) in [6, 6.07) is 0. The standard InChI is InChI=1S/C9H12N2O3/c1-3-14-9(13)5-11-7(2)8(6-12)4-10-11/h4,6H,3,5H2,1-2H3. The number of hydrogen-bond acceptors (Lipinski definition) is 4. The van der Waals surface area contributed by atoms with Crippen molar-refractivity contribution in [2.45, 2.75) is 20.4 Å². The van der Waals surface area contributed by atoms with Gasteiger partial charge in [-0.3, -0.25) is 14.3 Å². The Balaban J connectivity index is 2.72. The van der Waals surface area contributed by atoms with Gasteiger partial charge in [0.1, 0.15) is 6.54 Å². The summed E-state index contributed by atoms with van der Waals surface area (Å²) in [6.45, 7) is 3.87. The van der Waals surface area contributed by atoms with Crippen LogP contribution in [0.3, 0.4) is 0 Å². The molecule has 0 amide bonds. The molecule has 0 spiro atoms. The number of aldehydes is 1. The fourth-order valence-electron chi connectivity index (χ4n) is 1.06. The van der Waals surface area contributed by atoms with Crippen LogP contribution < -0.4 is 0 Å². The molecule has 0 saturated heterocycles. The Morgan fingerprint density at radius 3 is 2.93 bits per heavy atom. The van der Waals surface area contributed by atoms with Gasteiger partial charge in [-0.25, -0.2) is 0 Å². The van der Waals surface area contributed by atoms with Gasteiger partial charge in [-0.05, 0) is 13.8 Å². The van der Waals surface area contributed by atoms with Gasteiger partial charge in [-0.2, -0.15) is 5.10 Å². The van der Waals surface area contributed by atoms with Gasteiger partial charge in [0.25, 0.3) is 0 Å². The van der Waals surface area contributed by atoms with E-state index in [1.165, 1.54) is 10.9 Å². The lowest BCUT2D eigenvalue weighted by molar-refractivity contribution is -0.144. The van der Waals surface area contributed by atoms with E-state index >= 15 is 0 Å². The van der Waals surface area contributed by atoms with E-state index in [2.05, 4.69) is 5.10 Å². The van der Waals surface area contributed by atoms with Crippen molar-refractivity contribution in [3.63, 3.8) is 0 Å². The van der Waals surface area contributed by atoms with Gasteiger partial charge in [0.2, 0.25) is 0 Å². The topological polar surface area (TPSA) is 61.2 Å². The molecule has 0 atom stereocenters. The summed E-state index contributed by atoms with van der Waals surface area (Å²) in [7, 11) is 0. The molecule has 76 valence electrons. The van der Waals surface area contributed by atoms with Gasteiger partial charge in [0.15, 0.2) is 6.29 Å². The molecule has 1 heterocycles. The number of aromatic nitrogens is 2. The van der Waals surface area contributed by atoms with Crippen molar-refractivity contribution in [1.82, 2.24) is 9.78 Å². The van der Waals surface area contributed by atoms with Gasteiger partial charge >= 0.3 is 5.97 Å². The number of esters is 1. The van der Waals surface area contributed by atoms with Crippen molar-refractivity contribution in [3.05, 3.63) is 17.5 Å². The lowest BCUT2D eigenvalue weighted by atomic mass is 10.3. The summed E-state index contributed by atoms with van der Waals surface area (Å²) in [5.41, 5.74) is 1.17. The minimum Gasteiger partial charge on any atom is -0.465 e. The summed E-state index contributed by atoms with van der Waals surface area (Å²) >= 11 is 0. The van der Waals surface area contributed by atoms with Crippen molar-refractivity contribution in [2.24, 2.45) is 0 Å². The molecule has 0 N–H and O–H groups in total. The second-order valence-electron chi connectivity index (χ2n) is 2.77. The van der Waals surface area contributed by atoms with Crippen LogP contribution in [-0.2, 0) is 16.1 Å². The molecule has 0 aliphatic rings. The smallest absolute Gasteiger partial charge is 0.327 e. The van der Waals surface area contributed by atoms with Crippen LogP contribution in [-0.4, -0.2) is 28.6 Å². The molecule has 5 heteroatoms. The van der Waals surface area contributed by atoms with E-state index < -0.39 is 0 Å². The van der Waals surface area contributed by atoms with Gasteiger partial charge < -0.3 is 4.74 Å². The Bertz CT molecular complexity index is 344. The Labute approximate surface area is 81.7 Å². The summed E-state index contributed by atoms with van der Waals surface area (Å²) < 4.78 is 6.20. The maximum Gasteiger partial charge on any atom is 0.327 e. The highest BCUT2D eigenvalue weighted by Crippen LogP contribution is 2.03. The summed E-state index contributed by atoms with van der Waals surface area (Å²) in [5.74, 6) is -0.351. The second kappa shape index (κ2) is 4.55. The highest BCUT2D eigenvalue weighted by Gasteiger charge is 2.09. The van der Waals surface area contributed by atoms with Crippen LogP contribution in [0.25, 0.3) is 0 Å². The van der Waals surface area contributed by atoms with E-state index in [0.29, 0.717) is 24.2 Å². The van der Waals surface area contributed by atoms with E-state index in [0.717, 1.165) is 0 Å². The summed E-state index contributed by atoms with van der Waals surface area (Å²) in [4.78, 5) is 21.6. The van der Waals surface area contributed by atoms with Gasteiger partial charge in [0, 0.05) is 5.69 Å². The molecular weight excluding hydrogens is 184 g/mol. The van der Waals surface area contributed by atoms with Crippen molar-refractivity contribution >= 4 is 12.3 Å². The lowest BCUT2D eigenvalue weighted by Crippen LogP contribution is -2.15. The van der Waals surface area contributed by atoms with Gasteiger partial charge in [0.05, 0.1) is 18.4 Å². The monoisotopic (exact) mass is 196 g/mol. The molecule has 0 bridgehead atoms. The third kappa shape index (κ3) is 2.18. The van der Waals surface area contributed by atoms with Crippen LogP contribution in [0.4, 0.5) is 0 Å². The molecular formula is C9H12N2O3. The number of carbonyl (C=O) groups is 2. The van der Waals surface area contributed by atoms with Gasteiger partial charge in [-0.15, -0.1) is 0 Å². The molecule has 0 saturated carbocycles. The average Bonchev–Trinajstić information content (AvgIpc) is 2.48. The van der Waals surface area contributed by atoms with Crippen molar-refractivity contribution in [2.75, 3.05) is 6.61 Å². The van der Waals surface area contributed by atoms with E-state index in [1.54, 1.807) is 13.8 Å². The lowest BCUT2D eigenvalue weighted by Gasteiger charge is -2.03. The number of nitrogens with zero attached hydrogens (tertiary/aromatic N) is 2. The fraction of sp³-hybridized carbons (Fsp3) is 0.444. The van der Waals surface area contributed by atoms with E-state index in [4.69, 9.17) is 4.74 Å². The molecule has 5 nitrogen and oxygen atoms in total. The number of hydrogen-bond donors (Lipinski definition) is 0. The molecule has 0 radical (unpaired) electrons. The Kier molecular flexibility index (Phi) is 3.39. The fourth-order valence-corrected chi connectivity index (χ4v) is 1.06. The number of ether oxygens (including phenoxy) is 1. The van der Waals surface area contributed by atoms with Gasteiger partial charge in [-0.1, -0.05) is 0 Å². The first-order valence-corrected chi connectivity index (χ1v) is 4.32. The molecule has 0 aliphatic carbocycles. The van der Waals surface area contributed by atoms with Crippen molar-refractivity contribution in [1.29, 1.82) is 0 Å². The maximum absolute atomic E-state index is 11.1. The molecule has 0 aliphatic heterocycles. The summed E-state index contributed by atoms with van der Waals surface area (Å²) in [6.07, 6.45) is 2.14. The largest absolute Gasteiger partial charge is 0.465 e. The zero-order valence-electron chi connectivity index (χ0n) is 8.19. The number of rotatable bonds is 4. The first-order valence-electron chi connectivity index (χ1n) is 4.32. The quantitative estimate of drug-likeness (QED) is 0.521. The highest BCUT2D eigenvalue weighted by molar-refractivity contribution is 5.76. The summed E-state index contributed by atoms with van der Waals surface area (Å²) in [5, 5.41) is 3.89. The number of carbonyl (C=O) groups excluding carboxylic acids is 2. The van der Waals surface area contributed by atoms with E-state index in [-0.39, 0.29) is 12.5 Å². The van der Waals surface area contributed by atoms with Crippen LogP contribution in [0.2, 0.25) is 0 Å². The Morgan fingerprint density at radius 1 is 1.71 bits per heavy atom. The third-order valence-corrected chi connectivity index (χ3v) is 1.85. The van der Waals surface area contributed by atoms with Crippen LogP contribution in [0.1, 0.15) is 23.0 Å². The average molecular weight is 196 g/mol. The van der Waals surface area contributed by atoms with Crippen molar-refractivity contribution in [3.8, 4) is 0 Å². The minimum absolute atomic E-state index is 0.0491. The van der Waals surface area contributed by atoms with Crippen molar-refractivity contribution < 1.29 is 14.3 Å². The molecule has 0 fully saturated rings. The molecule has 1 rings (SSSR count). The normalized spacial score (nSPS) is 9.86. The molecule has 1 aromatic rings. The molecule has 0 aromatic carbocycles. The Hall–Kier alpha value is -1.65. The second-order valence-corrected chi connectivity index (χ2v) is 2.77. The van der Waals surface area contributed by atoms with Crippen LogP contribution in [0.5, 0.6) is 0 Å².